The number of rotatable bonds is 7. The first-order chi connectivity index (χ1) is 13.3. The Kier molecular flexibility index (Phi) is 5.51. The highest BCUT2D eigenvalue weighted by Gasteiger charge is 2.23. The Labute approximate surface area is 162 Å². The molecule has 2 aromatic heterocycles. The zero-order valence-electron chi connectivity index (χ0n) is 16.4. The van der Waals surface area contributed by atoms with Crippen molar-refractivity contribution in [3.8, 4) is 0 Å². The van der Waals surface area contributed by atoms with Gasteiger partial charge >= 0.3 is 5.97 Å². The highest BCUT2D eigenvalue weighted by Crippen LogP contribution is 2.23. The molecule has 8 nitrogen and oxygen atoms in total. The van der Waals surface area contributed by atoms with Crippen molar-refractivity contribution in [2.75, 3.05) is 19.0 Å². The second kappa shape index (κ2) is 7.85. The average Bonchev–Trinajstić information content (AvgIpc) is 3.16. The number of aromatic amines is 1. The van der Waals surface area contributed by atoms with Gasteiger partial charge in [0, 0.05) is 12.2 Å². The molecule has 1 aromatic carbocycles. The summed E-state index contributed by atoms with van der Waals surface area (Å²) in [4.78, 5) is 32.6. The van der Waals surface area contributed by atoms with Gasteiger partial charge in [-0.3, -0.25) is 4.79 Å². The maximum Gasteiger partial charge on any atom is 0.339 e. The van der Waals surface area contributed by atoms with E-state index in [2.05, 4.69) is 15.3 Å². The number of carbonyl (C=O) groups excluding carboxylic acids is 2. The first kappa shape index (κ1) is 19.6. The van der Waals surface area contributed by atoms with Crippen LogP contribution in [-0.2, 0) is 11.3 Å². The summed E-state index contributed by atoms with van der Waals surface area (Å²) in [5.74, 6) is -0.152. The summed E-state index contributed by atoms with van der Waals surface area (Å²) < 4.78 is 6.58. The number of anilines is 1. The van der Waals surface area contributed by atoms with Crippen LogP contribution in [0.15, 0.2) is 24.3 Å². The van der Waals surface area contributed by atoms with Crippen molar-refractivity contribution in [3.63, 3.8) is 0 Å². The lowest BCUT2D eigenvalue weighted by molar-refractivity contribution is 0.0599. The van der Waals surface area contributed by atoms with E-state index in [0.717, 1.165) is 11.0 Å². The molecule has 2 heterocycles. The van der Waals surface area contributed by atoms with Gasteiger partial charge in [0.15, 0.2) is 5.78 Å². The lowest BCUT2D eigenvalue weighted by Crippen LogP contribution is -2.20. The molecule has 3 rings (SSSR count). The number of fused-ring (bicyclic) bond motifs is 1. The van der Waals surface area contributed by atoms with Gasteiger partial charge in [0.1, 0.15) is 0 Å². The number of para-hydroxylation sites is 2. The van der Waals surface area contributed by atoms with Gasteiger partial charge in [-0.15, -0.1) is 0 Å². The third-order valence-corrected chi connectivity index (χ3v) is 4.62. The number of hydrogen-bond donors (Lipinski definition) is 3. The van der Waals surface area contributed by atoms with Crippen LogP contribution in [0.1, 0.15) is 39.0 Å². The van der Waals surface area contributed by atoms with Gasteiger partial charge < -0.3 is 24.7 Å². The Morgan fingerprint density at radius 2 is 2.04 bits per heavy atom. The molecule has 0 radical (unpaired) electrons. The van der Waals surface area contributed by atoms with E-state index >= 15 is 0 Å². The number of carbonyl (C=O) groups is 2. The average molecular weight is 384 g/mol. The Morgan fingerprint density at radius 1 is 1.32 bits per heavy atom. The Bertz CT molecular complexity index is 1030. The van der Waals surface area contributed by atoms with Gasteiger partial charge in [0.25, 0.3) is 0 Å². The fraction of sp³-hybridized carbons (Fsp3) is 0.350. The molecule has 1 unspecified atom stereocenters. The number of H-pyrrole nitrogens is 1. The molecule has 0 saturated heterocycles. The van der Waals surface area contributed by atoms with Crippen molar-refractivity contribution >= 4 is 28.7 Å². The number of aliphatic hydroxyl groups is 1. The molecule has 0 amide bonds. The van der Waals surface area contributed by atoms with Crippen LogP contribution in [-0.4, -0.2) is 51.2 Å². The van der Waals surface area contributed by atoms with E-state index in [1.165, 1.54) is 7.11 Å². The SMILES string of the molecule is COC(=O)c1c(C)[nH]c(C(=O)Cn2c(NCC(C)O)nc3ccccc32)c1C. The van der Waals surface area contributed by atoms with Crippen LogP contribution in [0.5, 0.6) is 0 Å². The quantitative estimate of drug-likeness (QED) is 0.426. The topological polar surface area (TPSA) is 109 Å². The van der Waals surface area contributed by atoms with Crippen molar-refractivity contribution < 1.29 is 19.4 Å². The number of methoxy groups -OCH3 is 1. The van der Waals surface area contributed by atoms with E-state index in [1.54, 1.807) is 25.3 Å². The number of hydrogen-bond acceptors (Lipinski definition) is 6. The molecule has 3 aromatic rings. The molecule has 148 valence electrons. The molecule has 0 aliphatic carbocycles. The Morgan fingerprint density at radius 3 is 2.71 bits per heavy atom. The van der Waals surface area contributed by atoms with E-state index in [9.17, 15) is 14.7 Å². The summed E-state index contributed by atoms with van der Waals surface area (Å²) >= 11 is 0. The van der Waals surface area contributed by atoms with Crippen LogP contribution in [0.25, 0.3) is 11.0 Å². The van der Waals surface area contributed by atoms with E-state index in [-0.39, 0.29) is 12.3 Å². The zero-order chi connectivity index (χ0) is 20.4. The molecule has 0 spiro atoms. The highest BCUT2D eigenvalue weighted by atomic mass is 16.5. The molecule has 0 aliphatic heterocycles. The molecule has 28 heavy (non-hydrogen) atoms. The number of ether oxygens (including phenoxy) is 1. The van der Waals surface area contributed by atoms with Crippen LogP contribution >= 0.6 is 0 Å². The third kappa shape index (κ3) is 3.63. The maximum atomic E-state index is 13.0. The monoisotopic (exact) mass is 384 g/mol. The minimum absolute atomic E-state index is 0.0318. The van der Waals surface area contributed by atoms with Crippen LogP contribution in [0.4, 0.5) is 5.95 Å². The van der Waals surface area contributed by atoms with Crippen molar-refractivity contribution in [2.45, 2.75) is 33.4 Å². The normalized spacial score (nSPS) is 12.2. The predicted molar refractivity (Wildman–Crippen MR) is 106 cm³/mol. The number of aliphatic hydroxyl groups excluding tert-OH is 1. The lowest BCUT2D eigenvalue weighted by Gasteiger charge is -2.11. The van der Waals surface area contributed by atoms with Crippen LogP contribution in [0, 0.1) is 13.8 Å². The van der Waals surface area contributed by atoms with Gasteiger partial charge in [-0.25, -0.2) is 9.78 Å². The summed E-state index contributed by atoms with van der Waals surface area (Å²) in [6.45, 7) is 5.47. The molecule has 8 heteroatoms. The smallest absolute Gasteiger partial charge is 0.339 e. The first-order valence-corrected chi connectivity index (χ1v) is 9.01. The van der Waals surface area contributed by atoms with Gasteiger partial charge in [0.2, 0.25) is 5.95 Å². The van der Waals surface area contributed by atoms with E-state index < -0.39 is 12.1 Å². The molecular formula is C20H24N4O4. The summed E-state index contributed by atoms with van der Waals surface area (Å²) in [7, 11) is 1.31. The number of Topliss-reactive ketones (excluding diaryl/α,β-unsaturated/α-hetero) is 1. The predicted octanol–water partition coefficient (Wildman–Crippen LogP) is 2.44. The van der Waals surface area contributed by atoms with Crippen molar-refractivity contribution in [1.29, 1.82) is 0 Å². The number of ketones is 1. The van der Waals surface area contributed by atoms with Gasteiger partial charge in [-0.05, 0) is 38.5 Å². The highest BCUT2D eigenvalue weighted by molar-refractivity contribution is 6.02. The molecule has 0 saturated carbocycles. The van der Waals surface area contributed by atoms with E-state index in [1.807, 2.05) is 24.3 Å². The fourth-order valence-corrected chi connectivity index (χ4v) is 3.27. The molecule has 3 N–H and O–H groups in total. The number of nitrogens with one attached hydrogen (secondary N) is 2. The minimum atomic E-state index is -0.556. The van der Waals surface area contributed by atoms with Crippen molar-refractivity contribution in [2.24, 2.45) is 0 Å². The van der Waals surface area contributed by atoms with Crippen LogP contribution < -0.4 is 5.32 Å². The van der Waals surface area contributed by atoms with Gasteiger partial charge in [-0.1, -0.05) is 12.1 Å². The van der Waals surface area contributed by atoms with Crippen LogP contribution in [0.2, 0.25) is 0 Å². The third-order valence-electron chi connectivity index (χ3n) is 4.62. The van der Waals surface area contributed by atoms with Crippen molar-refractivity contribution in [3.05, 3.63) is 46.8 Å². The van der Waals surface area contributed by atoms with Gasteiger partial charge in [-0.2, -0.15) is 0 Å². The second-order valence-corrected chi connectivity index (χ2v) is 6.78. The lowest BCUT2D eigenvalue weighted by atomic mass is 10.1. The molecule has 0 bridgehead atoms. The number of aryl methyl sites for hydroxylation is 1. The van der Waals surface area contributed by atoms with Gasteiger partial charge in [0.05, 0.1) is 42.0 Å². The zero-order valence-corrected chi connectivity index (χ0v) is 16.4. The molecule has 0 aliphatic rings. The number of imidazole rings is 1. The summed E-state index contributed by atoms with van der Waals surface area (Å²) in [6.07, 6.45) is -0.556. The summed E-state index contributed by atoms with van der Waals surface area (Å²) in [5, 5.41) is 12.7. The fourth-order valence-electron chi connectivity index (χ4n) is 3.27. The number of esters is 1. The first-order valence-electron chi connectivity index (χ1n) is 9.01. The summed E-state index contributed by atoms with van der Waals surface area (Å²) in [6, 6.07) is 7.50. The molecule has 0 fully saturated rings. The molecule has 1 atom stereocenters. The Hall–Kier alpha value is -3.13. The molecular weight excluding hydrogens is 360 g/mol. The standard InChI is InChI=1S/C20H24N4O4/c1-11(25)9-21-20-23-14-7-5-6-8-15(14)24(20)10-16(26)18-12(2)17(13(3)22-18)19(27)28-4/h5-8,11,22,25H,9-10H2,1-4H3,(H,21,23). The van der Waals surface area contributed by atoms with E-state index in [0.29, 0.717) is 35.0 Å². The van der Waals surface area contributed by atoms with E-state index in [4.69, 9.17) is 4.74 Å². The van der Waals surface area contributed by atoms with Crippen molar-refractivity contribution in [1.82, 2.24) is 14.5 Å². The Balaban J connectivity index is 1.97. The maximum absolute atomic E-state index is 13.0. The minimum Gasteiger partial charge on any atom is -0.465 e. The number of benzene rings is 1. The number of aromatic nitrogens is 3. The van der Waals surface area contributed by atoms with Crippen LogP contribution in [0.3, 0.4) is 0 Å². The largest absolute Gasteiger partial charge is 0.465 e. The number of nitrogens with zero attached hydrogens (tertiary/aromatic N) is 2. The summed E-state index contributed by atoms with van der Waals surface area (Å²) in [5.41, 5.74) is 3.47. The second-order valence-electron chi connectivity index (χ2n) is 6.78.